The van der Waals surface area contributed by atoms with E-state index >= 15 is 0 Å². The van der Waals surface area contributed by atoms with Crippen LogP contribution >= 0.6 is 0 Å². The molecule has 2 heterocycles. The van der Waals surface area contributed by atoms with Gasteiger partial charge in [0.15, 0.2) is 0 Å². The third-order valence-electron chi connectivity index (χ3n) is 13.3. The third kappa shape index (κ3) is 4.82. The molecule has 0 N–H and O–H groups in total. The minimum absolute atomic E-state index is 0.532. The van der Waals surface area contributed by atoms with Gasteiger partial charge < -0.3 is 13.9 Å². The molecule has 0 unspecified atom stereocenters. The average Bonchev–Trinajstić information content (AvgIpc) is 4.00. The summed E-state index contributed by atoms with van der Waals surface area (Å²) in [5.74, 6) is 0. The second-order valence-electron chi connectivity index (χ2n) is 16.4. The molecule has 2 aromatic heterocycles. The molecule has 12 aromatic rings. The first kappa shape index (κ1) is 34.7. The van der Waals surface area contributed by atoms with E-state index in [1.807, 2.05) is 6.07 Å². The van der Waals surface area contributed by atoms with Crippen LogP contribution in [0.1, 0.15) is 22.3 Å². The van der Waals surface area contributed by atoms with Crippen LogP contribution < -0.4 is 4.90 Å². The van der Waals surface area contributed by atoms with E-state index < -0.39 is 5.41 Å². The molecule has 0 aliphatic heterocycles. The molecule has 0 amide bonds. The minimum Gasteiger partial charge on any atom is -0.455 e. The van der Waals surface area contributed by atoms with Gasteiger partial charge in [-0.3, -0.25) is 0 Å². The summed E-state index contributed by atoms with van der Waals surface area (Å²) >= 11 is 0. The van der Waals surface area contributed by atoms with E-state index in [4.69, 9.17) is 4.42 Å². The highest BCUT2D eigenvalue weighted by Gasteiger charge is 2.47. The van der Waals surface area contributed by atoms with E-state index in [1.54, 1.807) is 0 Å². The standard InChI is InChI=1S/C59H38N2O/c1-3-17-39(18-4-1)59(40-19-5-2-6-20-40)50-26-11-7-24-49(50)57-51(59)27-16-31-55(57)61(54-30-15-25-47-45(54)37-38-48-46-23-10-14-32-56(46)62-58(47)48)42-35-33-41(34-36-42)60-52-28-12-8-21-43(52)44-22-9-13-29-53(44)60/h1-38H. The molecule has 0 bridgehead atoms. The van der Waals surface area contributed by atoms with Crippen molar-refractivity contribution in [3.8, 4) is 16.8 Å². The lowest BCUT2D eigenvalue weighted by atomic mass is 9.68. The van der Waals surface area contributed by atoms with E-state index in [0.717, 1.165) is 55.5 Å². The van der Waals surface area contributed by atoms with Gasteiger partial charge in [0.05, 0.1) is 27.8 Å². The smallest absolute Gasteiger partial charge is 0.143 e. The molecule has 0 atom stereocenters. The van der Waals surface area contributed by atoms with Crippen molar-refractivity contribution in [2.75, 3.05) is 4.90 Å². The normalized spacial score (nSPS) is 13.0. The molecule has 62 heavy (non-hydrogen) atoms. The van der Waals surface area contributed by atoms with Crippen molar-refractivity contribution in [2.24, 2.45) is 0 Å². The first-order valence-electron chi connectivity index (χ1n) is 21.4. The molecule has 0 radical (unpaired) electrons. The van der Waals surface area contributed by atoms with Crippen LogP contribution in [-0.2, 0) is 5.41 Å². The lowest BCUT2D eigenvalue weighted by molar-refractivity contribution is 0.672. The van der Waals surface area contributed by atoms with Gasteiger partial charge in [0.1, 0.15) is 11.2 Å². The highest BCUT2D eigenvalue weighted by Crippen LogP contribution is 2.60. The Bertz CT molecular complexity index is 3600. The molecule has 13 rings (SSSR count). The molecular weight excluding hydrogens is 753 g/mol. The zero-order valence-corrected chi connectivity index (χ0v) is 33.7. The second-order valence-corrected chi connectivity index (χ2v) is 16.4. The van der Waals surface area contributed by atoms with Gasteiger partial charge in [-0.05, 0) is 88.5 Å². The lowest BCUT2D eigenvalue weighted by Gasteiger charge is -2.34. The van der Waals surface area contributed by atoms with Crippen LogP contribution in [0.5, 0.6) is 0 Å². The van der Waals surface area contributed by atoms with Gasteiger partial charge in [-0.15, -0.1) is 0 Å². The molecule has 0 spiro atoms. The Morgan fingerprint density at radius 3 is 1.63 bits per heavy atom. The predicted octanol–water partition coefficient (Wildman–Crippen LogP) is 15.7. The maximum Gasteiger partial charge on any atom is 0.143 e. The van der Waals surface area contributed by atoms with E-state index in [0.29, 0.717) is 0 Å². The van der Waals surface area contributed by atoms with Crippen LogP contribution in [0.25, 0.3) is 71.3 Å². The van der Waals surface area contributed by atoms with Crippen LogP contribution in [-0.4, -0.2) is 4.57 Å². The monoisotopic (exact) mass is 790 g/mol. The predicted molar refractivity (Wildman–Crippen MR) is 258 cm³/mol. The summed E-state index contributed by atoms with van der Waals surface area (Å²) in [6.45, 7) is 0. The Hall–Kier alpha value is -8.14. The van der Waals surface area contributed by atoms with Crippen molar-refractivity contribution in [3.63, 3.8) is 0 Å². The lowest BCUT2D eigenvalue weighted by Crippen LogP contribution is -2.28. The van der Waals surface area contributed by atoms with Crippen molar-refractivity contribution < 1.29 is 4.42 Å². The zero-order chi connectivity index (χ0) is 40.8. The summed E-state index contributed by atoms with van der Waals surface area (Å²) in [5.41, 5.74) is 15.5. The highest BCUT2D eigenvalue weighted by atomic mass is 16.3. The molecule has 1 aliphatic rings. The molecular formula is C59H38N2O. The van der Waals surface area contributed by atoms with E-state index in [-0.39, 0.29) is 0 Å². The van der Waals surface area contributed by atoms with Crippen LogP contribution in [0.3, 0.4) is 0 Å². The summed E-state index contributed by atoms with van der Waals surface area (Å²) in [5, 5.41) is 6.95. The number of furan rings is 1. The number of anilines is 3. The number of para-hydroxylation sites is 3. The largest absolute Gasteiger partial charge is 0.455 e. The number of benzene rings is 10. The zero-order valence-electron chi connectivity index (χ0n) is 33.7. The third-order valence-corrected chi connectivity index (χ3v) is 13.3. The van der Waals surface area contributed by atoms with Crippen LogP contribution in [0.2, 0.25) is 0 Å². The number of hydrogen-bond acceptors (Lipinski definition) is 2. The Morgan fingerprint density at radius 1 is 0.371 bits per heavy atom. The molecule has 0 saturated heterocycles. The Morgan fingerprint density at radius 2 is 0.903 bits per heavy atom. The molecule has 3 heteroatoms. The van der Waals surface area contributed by atoms with Gasteiger partial charge in [-0.25, -0.2) is 0 Å². The van der Waals surface area contributed by atoms with Crippen LogP contribution in [0, 0.1) is 0 Å². The Labute approximate surface area is 359 Å². The summed E-state index contributed by atoms with van der Waals surface area (Å²) in [4.78, 5) is 2.48. The second kappa shape index (κ2) is 13.4. The Kier molecular flexibility index (Phi) is 7.52. The summed E-state index contributed by atoms with van der Waals surface area (Å²) in [6.07, 6.45) is 0. The van der Waals surface area contributed by atoms with Crippen molar-refractivity contribution in [1.82, 2.24) is 4.57 Å². The summed E-state index contributed by atoms with van der Waals surface area (Å²) in [7, 11) is 0. The van der Waals surface area contributed by atoms with E-state index in [1.165, 1.54) is 55.2 Å². The number of fused-ring (bicyclic) bond motifs is 11. The van der Waals surface area contributed by atoms with Crippen LogP contribution in [0.4, 0.5) is 17.1 Å². The fraction of sp³-hybridized carbons (Fsp3) is 0.0169. The van der Waals surface area contributed by atoms with Gasteiger partial charge in [-0.1, -0.05) is 170 Å². The molecule has 3 nitrogen and oxygen atoms in total. The van der Waals surface area contributed by atoms with E-state index in [2.05, 4.69) is 234 Å². The maximum absolute atomic E-state index is 6.66. The van der Waals surface area contributed by atoms with Crippen molar-refractivity contribution >= 4 is 71.6 Å². The first-order chi connectivity index (χ1) is 30.8. The maximum atomic E-state index is 6.66. The van der Waals surface area contributed by atoms with Gasteiger partial charge in [0.25, 0.3) is 0 Å². The molecule has 0 saturated carbocycles. The first-order valence-corrected chi connectivity index (χ1v) is 21.4. The SMILES string of the molecule is c1ccc(C2(c3ccccc3)c3ccccc3-c3c(N(c4ccc(-n5c6ccccc6c6ccccc65)cc4)c4cccc5c4ccc4c6ccccc6oc54)cccc32)cc1. The van der Waals surface area contributed by atoms with Crippen molar-refractivity contribution in [3.05, 3.63) is 253 Å². The molecule has 290 valence electrons. The molecule has 0 fully saturated rings. The van der Waals surface area contributed by atoms with Crippen molar-refractivity contribution in [2.45, 2.75) is 5.41 Å². The summed E-state index contributed by atoms with van der Waals surface area (Å²) in [6, 6.07) is 84.1. The van der Waals surface area contributed by atoms with E-state index in [9.17, 15) is 0 Å². The number of aromatic nitrogens is 1. The molecule has 10 aromatic carbocycles. The van der Waals surface area contributed by atoms with Gasteiger partial charge in [0, 0.05) is 49.3 Å². The number of hydrogen-bond donors (Lipinski definition) is 0. The minimum atomic E-state index is -0.532. The summed E-state index contributed by atoms with van der Waals surface area (Å²) < 4.78 is 9.05. The number of nitrogens with zero attached hydrogens (tertiary/aromatic N) is 2. The fourth-order valence-electron chi connectivity index (χ4n) is 10.7. The molecule has 1 aliphatic carbocycles. The average molecular weight is 791 g/mol. The number of rotatable bonds is 6. The topological polar surface area (TPSA) is 21.3 Å². The van der Waals surface area contributed by atoms with Crippen molar-refractivity contribution in [1.29, 1.82) is 0 Å². The van der Waals surface area contributed by atoms with Gasteiger partial charge in [-0.2, -0.15) is 0 Å². The van der Waals surface area contributed by atoms with Crippen LogP contribution in [0.15, 0.2) is 235 Å². The van der Waals surface area contributed by atoms with Gasteiger partial charge in [0.2, 0.25) is 0 Å². The Balaban J connectivity index is 1.10. The fourth-order valence-corrected chi connectivity index (χ4v) is 10.7. The van der Waals surface area contributed by atoms with Gasteiger partial charge >= 0.3 is 0 Å². The quantitative estimate of drug-likeness (QED) is 0.167. The highest BCUT2D eigenvalue weighted by molar-refractivity contribution is 6.18.